The first-order chi connectivity index (χ1) is 25.8. The van der Waals surface area contributed by atoms with Crippen molar-refractivity contribution in [3.8, 4) is 22.9 Å². The smallest absolute Gasteiger partial charge is 0.313 e. The van der Waals surface area contributed by atoms with Crippen LogP contribution in [0.4, 0.5) is 16.0 Å². The highest BCUT2D eigenvalue weighted by Crippen LogP contribution is 2.40. The molecular formula is C39H37FN10O3. The number of nitrogens with one attached hydrogen (secondary N) is 2. The lowest BCUT2D eigenvalue weighted by Crippen LogP contribution is -2.10. The number of aryl methyl sites for hydroxylation is 3. The first-order valence-electron chi connectivity index (χ1n) is 18.0. The number of benzene rings is 2. The van der Waals surface area contributed by atoms with Crippen LogP contribution in [-0.4, -0.2) is 40.2 Å². The summed E-state index contributed by atoms with van der Waals surface area (Å²) in [6.07, 6.45) is 4.61. The maximum Gasteiger partial charge on any atom is 0.313 e. The second kappa shape index (κ2) is 13.5. The Morgan fingerprint density at radius 3 is 1.87 bits per heavy atom. The topological polar surface area (TPSA) is 167 Å². The molecule has 53 heavy (non-hydrogen) atoms. The predicted octanol–water partition coefficient (Wildman–Crippen LogP) is 8.45. The minimum Gasteiger partial charge on any atom is -0.442 e. The molecule has 7 aromatic rings. The summed E-state index contributed by atoms with van der Waals surface area (Å²) in [5.41, 5.74) is 4.82. The zero-order valence-corrected chi connectivity index (χ0v) is 29.5. The quantitative estimate of drug-likeness (QED) is 0.109. The molecule has 2 fully saturated rings. The van der Waals surface area contributed by atoms with Gasteiger partial charge in [-0.25, -0.2) is 9.97 Å². The van der Waals surface area contributed by atoms with Gasteiger partial charge < -0.3 is 24.1 Å². The van der Waals surface area contributed by atoms with Crippen molar-refractivity contribution in [3.05, 3.63) is 107 Å². The summed E-state index contributed by atoms with van der Waals surface area (Å²) in [6.45, 7) is 6.01. The van der Waals surface area contributed by atoms with E-state index in [1.165, 1.54) is 0 Å². The standard InChI is InChI=1S/C39H37FN10O3/c1-20-18-32(42-21(2)23-4-12-27(13-5-23)36-45-33(49-52-36)25-8-9-25)44-31(41-20)17-16-29-19-30-35(47-39(40)48-38(30)51-29)43-22(3)24-6-14-28(15-7-24)37-46-34(50-53-37)26-10-11-26/h4-7,12-15,18-19,21-22,25-26H,8-11,16-17H2,1-3H3,(H,41,42,44)(H,43,47,48). The second-order valence-electron chi connectivity index (χ2n) is 14.0. The van der Waals surface area contributed by atoms with Gasteiger partial charge in [0.15, 0.2) is 11.6 Å². The van der Waals surface area contributed by atoms with E-state index in [4.69, 9.17) is 18.4 Å². The number of halogens is 1. The summed E-state index contributed by atoms with van der Waals surface area (Å²) in [4.78, 5) is 26.5. The van der Waals surface area contributed by atoms with Gasteiger partial charge in [-0.05, 0) is 87.9 Å². The number of hydrogen-bond acceptors (Lipinski definition) is 13. The Kier molecular flexibility index (Phi) is 8.36. The van der Waals surface area contributed by atoms with Gasteiger partial charge in [0, 0.05) is 59.6 Å². The average Bonchev–Trinajstić information content (AvgIpc) is 4.04. The molecule has 2 N–H and O–H groups in total. The molecule has 2 unspecified atom stereocenters. The monoisotopic (exact) mass is 712 g/mol. The van der Waals surface area contributed by atoms with E-state index in [0.29, 0.717) is 59.2 Å². The predicted molar refractivity (Wildman–Crippen MR) is 193 cm³/mol. The van der Waals surface area contributed by atoms with Crippen molar-refractivity contribution in [2.75, 3.05) is 10.6 Å². The minimum atomic E-state index is -0.870. The van der Waals surface area contributed by atoms with Crippen molar-refractivity contribution in [2.45, 2.75) is 83.2 Å². The molecule has 0 bridgehead atoms. The molecule has 14 heteroatoms. The molecule has 2 aromatic carbocycles. The third kappa shape index (κ3) is 7.21. The molecular weight excluding hydrogens is 675 g/mol. The zero-order chi connectivity index (χ0) is 36.1. The number of rotatable bonds is 13. The van der Waals surface area contributed by atoms with Gasteiger partial charge >= 0.3 is 6.08 Å². The lowest BCUT2D eigenvalue weighted by Gasteiger charge is -2.16. The molecule has 13 nitrogen and oxygen atoms in total. The summed E-state index contributed by atoms with van der Waals surface area (Å²) in [6, 6.07) is 19.5. The summed E-state index contributed by atoms with van der Waals surface area (Å²) < 4.78 is 31.5. The van der Waals surface area contributed by atoms with Crippen LogP contribution in [0.1, 0.15) is 104 Å². The highest BCUT2D eigenvalue weighted by molar-refractivity contribution is 5.86. The van der Waals surface area contributed by atoms with Crippen LogP contribution in [0.5, 0.6) is 0 Å². The van der Waals surface area contributed by atoms with Gasteiger partial charge in [-0.15, -0.1) is 0 Å². The molecule has 0 amide bonds. The van der Waals surface area contributed by atoms with Crippen molar-refractivity contribution in [1.29, 1.82) is 0 Å². The van der Waals surface area contributed by atoms with Crippen molar-refractivity contribution in [1.82, 2.24) is 40.2 Å². The number of fused-ring (bicyclic) bond motifs is 1. The molecule has 268 valence electrons. The Morgan fingerprint density at radius 1 is 0.698 bits per heavy atom. The molecule has 0 saturated heterocycles. The van der Waals surface area contributed by atoms with Crippen LogP contribution in [0, 0.1) is 13.0 Å². The lowest BCUT2D eigenvalue weighted by molar-refractivity contribution is 0.422. The van der Waals surface area contributed by atoms with Crippen LogP contribution >= 0.6 is 0 Å². The zero-order valence-electron chi connectivity index (χ0n) is 29.5. The fourth-order valence-electron chi connectivity index (χ4n) is 6.37. The van der Waals surface area contributed by atoms with Gasteiger partial charge in [-0.3, -0.25) is 0 Å². The van der Waals surface area contributed by atoms with Gasteiger partial charge in [0.2, 0.25) is 5.71 Å². The summed E-state index contributed by atoms with van der Waals surface area (Å²) in [5.74, 6) is 5.86. The van der Waals surface area contributed by atoms with Gasteiger partial charge in [-0.2, -0.15) is 24.3 Å². The van der Waals surface area contributed by atoms with Crippen molar-refractivity contribution < 1.29 is 17.9 Å². The molecule has 5 heterocycles. The van der Waals surface area contributed by atoms with E-state index < -0.39 is 6.08 Å². The molecule has 9 rings (SSSR count). The van der Waals surface area contributed by atoms with Gasteiger partial charge in [0.1, 0.15) is 23.2 Å². The molecule has 0 radical (unpaired) electrons. The highest BCUT2D eigenvalue weighted by Gasteiger charge is 2.30. The van der Waals surface area contributed by atoms with E-state index >= 15 is 0 Å². The number of nitrogens with zero attached hydrogens (tertiary/aromatic N) is 8. The molecule has 0 spiro atoms. The largest absolute Gasteiger partial charge is 0.442 e. The highest BCUT2D eigenvalue weighted by atomic mass is 19.1. The Labute approximate surface area is 303 Å². The van der Waals surface area contributed by atoms with Crippen LogP contribution in [0.25, 0.3) is 34.0 Å². The van der Waals surface area contributed by atoms with E-state index in [2.05, 4.69) is 64.9 Å². The molecule has 2 atom stereocenters. The van der Waals surface area contributed by atoms with Crippen molar-refractivity contribution >= 4 is 22.7 Å². The Hall–Kier alpha value is -6.05. The SMILES string of the molecule is Cc1cc(NC(C)c2ccc(-c3nc(C4CC4)no3)cc2)nc(CCc2cc3c(NC(C)c4ccc(-c5nc(C6CC6)no5)cc4)nc(F)nc3o2)n1. The second-order valence-corrected chi connectivity index (χ2v) is 14.0. The first-order valence-corrected chi connectivity index (χ1v) is 18.0. The molecule has 2 aliphatic rings. The van der Waals surface area contributed by atoms with Crippen LogP contribution in [0.3, 0.4) is 0 Å². The number of hydrogen-bond donors (Lipinski definition) is 2. The summed E-state index contributed by atoms with van der Waals surface area (Å²) in [7, 11) is 0. The third-order valence-corrected chi connectivity index (χ3v) is 9.71. The number of anilines is 2. The lowest BCUT2D eigenvalue weighted by atomic mass is 10.1. The van der Waals surface area contributed by atoms with Crippen LogP contribution < -0.4 is 10.6 Å². The van der Waals surface area contributed by atoms with E-state index in [-0.39, 0.29) is 17.8 Å². The van der Waals surface area contributed by atoms with Gasteiger partial charge in [0.05, 0.1) is 5.39 Å². The maximum absolute atomic E-state index is 14.6. The molecule has 2 saturated carbocycles. The minimum absolute atomic E-state index is 0.0172. The fourth-order valence-corrected chi connectivity index (χ4v) is 6.37. The normalized spacial score (nSPS) is 15.5. The van der Waals surface area contributed by atoms with E-state index in [1.54, 1.807) is 0 Å². The number of aromatic nitrogens is 8. The first kappa shape index (κ1) is 32.8. The Bertz CT molecular complexity index is 2400. The van der Waals surface area contributed by atoms with Gasteiger partial charge in [-0.1, -0.05) is 34.6 Å². The van der Waals surface area contributed by atoms with Gasteiger partial charge in [0.25, 0.3) is 11.8 Å². The van der Waals surface area contributed by atoms with E-state index in [1.807, 2.05) is 62.4 Å². The van der Waals surface area contributed by atoms with Crippen LogP contribution in [0.2, 0.25) is 0 Å². The summed E-state index contributed by atoms with van der Waals surface area (Å²) in [5, 5.41) is 15.7. The third-order valence-electron chi connectivity index (χ3n) is 9.71. The van der Waals surface area contributed by atoms with Crippen molar-refractivity contribution in [2.24, 2.45) is 0 Å². The maximum atomic E-state index is 14.6. The number of furan rings is 1. The van der Waals surface area contributed by atoms with E-state index in [9.17, 15) is 4.39 Å². The molecule has 0 aliphatic heterocycles. The summed E-state index contributed by atoms with van der Waals surface area (Å²) >= 11 is 0. The fraction of sp³-hybridized carbons (Fsp3) is 0.333. The molecule has 2 aliphatic carbocycles. The Morgan fingerprint density at radius 2 is 1.28 bits per heavy atom. The van der Waals surface area contributed by atoms with Crippen molar-refractivity contribution in [3.63, 3.8) is 0 Å². The molecule has 5 aromatic heterocycles. The van der Waals surface area contributed by atoms with Crippen LogP contribution in [-0.2, 0) is 12.8 Å². The Balaban J connectivity index is 0.845. The average molecular weight is 713 g/mol. The van der Waals surface area contributed by atoms with Crippen LogP contribution in [0.15, 0.2) is 74.1 Å². The van der Waals surface area contributed by atoms with E-state index in [0.717, 1.165) is 71.1 Å².